The van der Waals surface area contributed by atoms with Crippen molar-refractivity contribution in [1.82, 2.24) is 0 Å². The molecule has 0 nitrogen and oxygen atoms in total. The summed E-state index contributed by atoms with van der Waals surface area (Å²) in [4.78, 5) is 0. The highest BCUT2D eigenvalue weighted by molar-refractivity contribution is 4.63. The van der Waals surface area contributed by atoms with Gasteiger partial charge in [0.05, 0.1) is 0 Å². The molecule has 1 atom stereocenters. The summed E-state index contributed by atoms with van der Waals surface area (Å²) >= 11 is 0. The van der Waals surface area contributed by atoms with Gasteiger partial charge in [0.1, 0.15) is 0 Å². The van der Waals surface area contributed by atoms with Crippen molar-refractivity contribution in [3.8, 4) is 0 Å². The first-order valence-electron chi connectivity index (χ1n) is 9.62. The minimum Gasteiger partial charge on any atom is -0.0654 e. The van der Waals surface area contributed by atoms with Crippen LogP contribution in [0.3, 0.4) is 0 Å². The molecule has 0 N–H and O–H groups in total. The number of hydrogen-bond donors (Lipinski definition) is 0. The second kappa shape index (κ2) is 17.1. The normalized spacial score (nSPS) is 12.8. The Hall–Kier alpha value is 0. The quantitative estimate of drug-likeness (QED) is 0.254. The largest absolute Gasteiger partial charge is 0.0654 e. The lowest BCUT2D eigenvalue weighted by atomic mass is 9.96. The molecule has 0 heterocycles. The van der Waals surface area contributed by atoms with Crippen molar-refractivity contribution in [2.75, 3.05) is 0 Å². The Morgan fingerprint density at radius 1 is 0.600 bits per heavy atom. The van der Waals surface area contributed by atoms with Crippen molar-refractivity contribution >= 4 is 0 Å². The maximum Gasteiger partial charge on any atom is -0.0386 e. The predicted molar refractivity (Wildman–Crippen MR) is 94.1 cm³/mol. The molecule has 0 amide bonds. The second-order valence-corrected chi connectivity index (χ2v) is 6.73. The van der Waals surface area contributed by atoms with E-state index in [2.05, 4.69) is 27.2 Å². The predicted octanol–water partition coefficient (Wildman–Crippen LogP) is 7.72. The number of hydrogen-bond acceptors (Lipinski definition) is 0. The molecule has 20 heavy (non-hydrogen) atoms. The summed E-state index contributed by atoms with van der Waals surface area (Å²) < 4.78 is 0. The Morgan fingerprint density at radius 2 is 1.15 bits per heavy atom. The molecule has 1 unspecified atom stereocenters. The Bertz CT molecular complexity index is 161. The van der Waals surface area contributed by atoms with Crippen molar-refractivity contribution < 1.29 is 0 Å². The van der Waals surface area contributed by atoms with E-state index in [0.29, 0.717) is 0 Å². The Labute approximate surface area is 130 Å². The fraction of sp³-hybridized carbons (Fsp3) is 0.950. The minimum atomic E-state index is 0.966. The molecule has 0 aliphatic rings. The van der Waals surface area contributed by atoms with E-state index in [1.807, 2.05) is 0 Å². The van der Waals surface area contributed by atoms with Crippen molar-refractivity contribution in [3.05, 3.63) is 6.42 Å². The first-order valence-corrected chi connectivity index (χ1v) is 9.62. The highest BCUT2D eigenvalue weighted by Crippen LogP contribution is 2.18. The van der Waals surface area contributed by atoms with E-state index in [0.717, 1.165) is 5.92 Å². The van der Waals surface area contributed by atoms with Gasteiger partial charge in [0.2, 0.25) is 0 Å². The van der Waals surface area contributed by atoms with Crippen LogP contribution in [0.2, 0.25) is 0 Å². The first-order chi connectivity index (χ1) is 9.81. The van der Waals surface area contributed by atoms with Crippen molar-refractivity contribution in [3.63, 3.8) is 0 Å². The lowest BCUT2D eigenvalue weighted by Crippen LogP contribution is -1.95. The van der Waals surface area contributed by atoms with E-state index >= 15 is 0 Å². The highest BCUT2D eigenvalue weighted by Gasteiger charge is 2.02. The average Bonchev–Trinajstić information content (AvgIpc) is 2.45. The van der Waals surface area contributed by atoms with Crippen LogP contribution in [-0.2, 0) is 0 Å². The molecule has 0 aromatic carbocycles. The van der Waals surface area contributed by atoms with Crippen LogP contribution in [0.15, 0.2) is 0 Å². The van der Waals surface area contributed by atoms with Crippen LogP contribution < -0.4 is 0 Å². The molecular formula is C20H41. The topological polar surface area (TPSA) is 0 Å². The second-order valence-electron chi connectivity index (χ2n) is 6.73. The van der Waals surface area contributed by atoms with Gasteiger partial charge in [0.15, 0.2) is 0 Å². The van der Waals surface area contributed by atoms with E-state index in [9.17, 15) is 0 Å². The molecule has 0 bridgehead atoms. The molecule has 1 radical (unpaired) electrons. The van der Waals surface area contributed by atoms with Crippen LogP contribution in [0.5, 0.6) is 0 Å². The Morgan fingerprint density at radius 3 is 1.75 bits per heavy atom. The molecule has 0 fully saturated rings. The van der Waals surface area contributed by atoms with Gasteiger partial charge in [-0.05, 0) is 12.3 Å². The summed E-state index contributed by atoms with van der Waals surface area (Å²) in [7, 11) is 0. The maximum absolute atomic E-state index is 2.47. The monoisotopic (exact) mass is 281 g/mol. The molecule has 0 saturated carbocycles. The van der Waals surface area contributed by atoms with Gasteiger partial charge in [0, 0.05) is 0 Å². The summed E-state index contributed by atoms with van der Waals surface area (Å²) in [6.07, 6.45) is 23.8. The standard InChI is InChI=1S/C20H41/c1-4-6-8-10-12-13-15-17-19-20(3)18-16-14-11-9-7-5-2/h8,20H,4-7,9-19H2,1-3H3. The van der Waals surface area contributed by atoms with Crippen molar-refractivity contribution in [2.45, 2.75) is 117 Å². The van der Waals surface area contributed by atoms with E-state index < -0.39 is 0 Å². The van der Waals surface area contributed by atoms with E-state index in [-0.39, 0.29) is 0 Å². The molecule has 0 heteroatoms. The molecule has 0 aromatic rings. The van der Waals surface area contributed by atoms with Gasteiger partial charge >= 0.3 is 0 Å². The molecule has 0 aliphatic carbocycles. The molecule has 0 aromatic heterocycles. The summed E-state index contributed by atoms with van der Waals surface area (Å²) in [6, 6.07) is 0. The van der Waals surface area contributed by atoms with E-state index in [1.165, 1.54) is 96.3 Å². The van der Waals surface area contributed by atoms with Gasteiger partial charge in [-0.15, -0.1) is 0 Å². The zero-order chi connectivity index (χ0) is 14.9. The van der Waals surface area contributed by atoms with Gasteiger partial charge < -0.3 is 0 Å². The molecule has 121 valence electrons. The zero-order valence-corrected chi connectivity index (χ0v) is 14.8. The fourth-order valence-electron chi connectivity index (χ4n) is 2.90. The van der Waals surface area contributed by atoms with E-state index in [1.54, 1.807) is 0 Å². The Balaban J connectivity index is 3.10. The van der Waals surface area contributed by atoms with Gasteiger partial charge in [-0.25, -0.2) is 0 Å². The fourth-order valence-corrected chi connectivity index (χ4v) is 2.90. The van der Waals surface area contributed by atoms with Crippen LogP contribution in [0, 0.1) is 12.3 Å². The van der Waals surface area contributed by atoms with Gasteiger partial charge in [-0.1, -0.05) is 117 Å². The van der Waals surface area contributed by atoms with Gasteiger partial charge in [-0.3, -0.25) is 0 Å². The highest BCUT2D eigenvalue weighted by atomic mass is 14.1. The van der Waals surface area contributed by atoms with Crippen LogP contribution in [-0.4, -0.2) is 0 Å². The van der Waals surface area contributed by atoms with Crippen LogP contribution in [0.4, 0.5) is 0 Å². The smallest absolute Gasteiger partial charge is 0.0386 e. The summed E-state index contributed by atoms with van der Waals surface area (Å²) in [5.41, 5.74) is 0. The Kier molecular flexibility index (Phi) is 17.1. The van der Waals surface area contributed by atoms with E-state index in [4.69, 9.17) is 0 Å². The summed E-state index contributed by atoms with van der Waals surface area (Å²) in [5.74, 6) is 0.966. The molecular weight excluding hydrogens is 240 g/mol. The minimum absolute atomic E-state index is 0.966. The molecule has 0 spiro atoms. The molecule has 0 rings (SSSR count). The third kappa shape index (κ3) is 16.1. The third-order valence-electron chi connectivity index (χ3n) is 4.40. The van der Waals surface area contributed by atoms with Gasteiger partial charge in [0.25, 0.3) is 0 Å². The maximum atomic E-state index is 2.47. The molecule has 0 aliphatic heterocycles. The SMILES string of the molecule is CCC[CH]CCCCCCC(C)CCCCCCCC. The summed E-state index contributed by atoms with van der Waals surface area (Å²) in [6.45, 7) is 7.02. The number of rotatable bonds is 16. The lowest BCUT2D eigenvalue weighted by Gasteiger charge is -2.11. The van der Waals surface area contributed by atoms with Crippen molar-refractivity contribution in [1.29, 1.82) is 0 Å². The van der Waals surface area contributed by atoms with Crippen LogP contribution in [0.1, 0.15) is 117 Å². The molecule has 0 saturated heterocycles. The average molecular weight is 282 g/mol. The first kappa shape index (κ1) is 20.0. The lowest BCUT2D eigenvalue weighted by molar-refractivity contribution is 0.432. The van der Waals surface area contributed by atoms with Crippen LogP contribution in [0.25, 0.3) is 0 Å². The van der Waals surface area contributed by atoms with Crippen molar-refractivity contribution in [2.24, 2.45) is 5.92 Å². The van der Waals surface area contributed by atoms with Crippen LogP contribution >= 0.6 is 0 Å². The third-order valence-corrected chi connectivity index (χ3v) is 4.40. The summed E-state index contributed by atoms with van der Waals surface area (Å²) in [5, 5.41) is 0. The number of unbranched alkanes of at least 4 members (excludes halogenated alkanes) is 12. The zero-order valence-electron chi connectivity index (χ0n) is 14.8. The van der Waals surface area contributed by atoms with Gasteiger partial charge in [-0.2, -0.15) is 0 Å².